The summed E-state index contributed by atoms with van der Waals surface area (Å²) in [5.41, 5.74) is 4.29. The molecule has 0 N–H and O–H groups in total. The second kappa shape index (κ2) is 6.58. The van der Waals surface area contributed by atoms with E-state index in [4.69, 9.17) is 46.4 Å². The van der Waals surface area contributed by atoms with E-state index < -0.39 is 0 Å². The molecule has 4 heteroatoms. The Hall–Kier alpha value is -0.400. The SMILES string of the molecule is Cc1cc(C(Cl)Cc2ccc(Cl)c(Cl)c2)c(C)cc1Cl. The summed E-state index contributed by atoms with van der Waals surface area (Å²) in [5.74, 6) is 0. The number of hydrogen-bond donors (Lipinski definition) is 0. The summed E-state index contributed by atoms with van der Waals surface area (Å²) in [5, 5.41) is 1.75. The summed E-state index contributed by atoms with van der Waals surface area (Å²) in [6.45, 7) is 4.00. The van der Waals surface area contributed by atoms with Gasteiger partial charge in [0.05, 0.1) is 15.4 Å². The molecule has 0 aromatic heterocycles. The number of hydrogen-bond acceptors (Lipinski definition) is 0. The molecule has 0 aliphatic carbocycles. The summed E-state index contributed by atoms with van der Waals surface area (Å²) in [6, 6.07) is 9.60. The average Bonchev–Trinajstić information content (AvgIpc) is 2.38. The van der Waals surface area contributed by atoms with Crippen LogP contribution < -0.4 is 0 Å². The molecule has 0 heterocycles. The van der Waals surface area contributed by atoms with Crippen molar-refractivity contribution in [3.05, 3.63) is 67.7 Å². The first-order chi connectivity index (χ1) is 9.38. The highest BCUT2D eigenvalue weighted by Gasteiger charge is 2.14. The molecule has 106 valence electrons. The van der Waals surface area contributed by atoms with E-state index in [9.17, 15) is 0 Å². The van der Waals surface area contributed by atoms with Crippen LogP contribution in [0.25, 0.3) is 0 Å². The molecular formula is C16H14Cl4. The van der Waals surface area contributed by atoms with E-state index in [2.05, 4.69) is 0 Å². The van der Waals surface area contributed by atoms with Gasteiger partial charge in [-0.3, -0.25) is 0 Å². The zero-order chi connectivity index (χ0) is 14.9. The van der Waals surface area contributed by atoms with Crippen molar-refractivity contribution in [3.63, 3.8) is 0 Å². The zero-order valence-corrected chi connectivity index (χ0v) is 14.2. The Labute approximate surface area is 139 Å². The predicted molar refractivity (Wildman–Crippen MR) is 89.7 cm³/mol. The van der Waals surface area contributed by atoms with Gasteiger partial charge < -0.3 is 0 Å². The van der Waals surface area contributed by atoms with Gasteiger partial charge in [0.2, 0.25) is 0 Å². The molecule has 0 saturated heterocycles. The van der Waals surface area contributed by atoms with Crippen LogP contribution in [0.3, 0.4) is 0 Å². The second-order valence-corrected chi connectivity index (χ2v) is 6.63. The van der Waals surface area contributed by atoms with E-state index in [1.54, 1.807) is 6.07 Å². The Kier molecular flexibility index (Phi) is 5.25. The first kappa shape index (κ1) is 16.0. The third kappa shape index (κ3) is 3.62. The first-order valence-electron chi connectivity index (χ1n) is 6.23. The van der Waals surface area contributed by atoms with Crippen molar-refractivity contribution in [1.29, 1.82) is 0 Å². The molecule has 0 radical (unpaired) electrons. The first-order valence-corrected chi connectivity index (χ1v) is 7.80. The number of aryl methyl sites for hydroxylation is 2. The molecule has 1 atom stereocenters. The minimum Gasteiger partial charge on any atom is -0.117 e. The van der Waals surface area contributed by atoms with Crippen molar-refractivity contribution >= 4 is 46.4 Å². The normalized spacial score (nSPS) is 12.5. The Morgan fingerprint density at radius 3 is 2.20 bits per heavy atom. The highest BCUT2D eigenvalue weighted by molar-refractivity contribution is 6.42. The fourth-order valence-corrected chi connectivity index (χ4v) is 3.08. The van der Waals surface area contributed by atoms with E-state index in [1.807, 2.05) is 38.1 Å². The number of benzene rings is 2. The van der Waals surface area contributed by atoms with Crippen LogP contribution in [0.15, 0.2) is 30.3 Å². The molecule has 0 amide bonds. The molecule has 0 bridgehead atoms. The molecule has 1 unspecified atom stereocenters. The average molecular weight is 348 g/mol. The van der Waals surface area contributed by atoms with Gasteiger partial charge in [-0.25, -0.2) is 0 Å². The molecule has 2 aromatic rings. The molecule has 20 heavy (non-hydrogen) atoms. The van der Waals surface area contributed by atoms with E-state index in [0.29, 0.717) is 16.5 Å². The number of rotatable bonds is 3. The molecule has 0 aliphatic rings. The molecule has 0 saturated carbocycles. The summed E-state index contributed by atoms with van der Waals surface area (Å²) in [4.78, 5) is 0. The fraction of sp³-hybridized carbons (Fsp3) is 0.250. The van der Waals surface area contributed by atoms with Crippen LogP contribution in [-0.2, 0) is 6.42 Å². The third-order valence-corrected chi connectivity index (χ3v) is 4.82. The topological polar surface area (TPSA) is 0 Å². The predicted octanol–water partition coefficient (Wildman–Crippen LogP) is 6.79. The van der Waals surface area contributed by atoms with Crippen LogP contribution in [0, 0.1) is 13.8 Å². The largest absolute Gasteiger partial charge is 0.117 e. The van der Waals surface area contributed by atoms with Gasteiger partial charge in [0.1, 0.15) is 0 Å². The third-order valence-electron chi connectivity index (χ3n) is 3.28. The van der Waals surface area contributed by atoms with Gasteiger partial charge in [-0.05, 0) is 60.7 Å². The van der Waals surface area contributed by atoms with E-state index in [1.165, 1.54) is 0 Å². The summed E-state index contributed by atoms with van der Waals surface area (Å²) < 4.78 is 0. The number of halogens is 4. The lowest BCUT2D eigenvalue weighted by atomic mass is 9.98. The minimum atomic E-state index is -0.122. The maximum Gasteiger partial charge on any atom is 0.0628 e. The van der Waals surface area contributed by atoms with Crippen molar-refractivity contribution < 1.29 is 0 Å². The summed E-state index contributed by atoms with van der Waals surface area (Å²) in [7, 11) is 0. The Morgan fingerprint density at radius 2 is 1.55 bits per heavy atom. The lowest BCUT2D eigenvalue weighted by Crippen LogP contribution is -1.99. The maximum absolute atomic E-state index is 6.54. The molecule has 2 rings (SSSR count). The van der Waals surface area contributed by atoms with Crippen molar-refractivity contribution in [3.8, 4) is 0 Å². The van der Waals surface area contributed by atoms with Crippen molar-refractivity contribution in [1.82, 2.24) is 0 Å². The van der Waals surface area contributed by atoms with E-state index in [-0.39, 0.29) is 5.38 Å². The fourth-order valence-electron chi connectivity index (χ4n) is 2.12. The van der Waals surface area contributed by atoms with Crippen LogP contribution >= 0.6 is 46.4 Å². The lowest BCUT2D eigenvalue weighted by molar-refractivity contribution is 0.908. The summed E-state index contributed by atoms with van der Waals surface area (Å²) >= 11 is 24.6. The molecule has 0 aliphatic heterocycles. The Bertz CT molecular complexity index is 635. The van der Waals surface area contributed by atoms with Gasteiger partial charge in [-0.1, -0.05) is 46.9 Å². The van der Waals surface area contributed by atoms with Crippen molar-refractivity contribution in [2.75, 3.05) is 0 Å². The molecule has 0 fully saturated rings. The quantitative estimate of drug-likeness (QED) is 0.536. The lowest BCUT2D eigenvalue weighted by Gasteiger charge is -2.15. The molecule has 0 spiro atoms. The molecule has 2 aromatic carbocycles. The zero-order valence-electron chi connectivity index (χ0n) is 11.2. The van der Waals surface area contributed by atoms with Crippen molar-refractivity contribution in [2.45, 2.75) is 25.6 Å². The monoisotopic (exact) mass is 346 g/mol. The van der Waals surface area contributed by atoms with Gasteiger partial charge in [0.25, 0.3) is 0 Å². The van der Waals surface area contributed by atoms with Crippen LogP contribution in [0.4, 0.5) is 0 Å². The maximum atomic E-state index is 6.54. The van der Waals surface area contributed by atoms with Gasteiger partial charge in [-0.2, -0.15) is 0 Å². The highest BCUT2D eigenvalue weighted by atomic mass is 35.5. The molecular weight excluding hydrogens is 334 g/mol. The van der Waals surface area contributed by atoms with Gasteiger partial charge in [-0.15, -0.1) is 11.6 Å². The van der Waals surface area contributed by atoms with Crippen LogP contribution in [0.1, 0.15) is 27.6 Å². The highest BCUT2D eigenvalue weighted by Crippen LogP contribution is 2.32. The Balaban J connectivity index is 2.25. The van der Waals surface area contributed by atoms with Gasteiger partial charge in [0.15, 0.2) is 0 Å². The standard InChI is InChI=1S/C16H14Cl4/c1-9-6-14(18)10(2)5-12(9)15(19)7-11-3-4-13(17)16(20)8-11/h3-6,8,15H,7H2,1-2H3. The van der Waals surface area contributed by atoms with Crippen LogP contribution in [0.2, 0.25) is 15.1 Å². The summed E-state index contributed by atoms with van der Waals surface area (Å²) in [6.07, 6.45) is 0.695. The van der Waals surface area contributed by atoms with E-state index in [0.717, 1.165) is 27.3 Å². The minimum absolute atomic E-state index is 0.122. The smallest absolute Gasteiger partial charge is 0.0628 e. The molecule has 0 nitrogen and oxygen atoms in total. The van der Waals surface area contributed by atoms with Crippen molar-refractivity contribution in [2.24, 2.45) is 0 Å². The van der Waals surface area contributed by atoms with Gasteiger partial charge >= 0.3 is 0 Å². The number of alkyl halides is 1. The van der Waals surface area contributed by atoms with Crippen LogP contribution in [-0.4, -0.2) is 0 Å². The van der Waals surface area contributed by atoms with Crippen LogP contribution in [0.5, 0.6) is 0 Å². The second-order valence-electron chi connectivity index (χ2n) is 4.88. The van der Waals surface area contributed by atoms with E-state index >= 15 is 0 Å². The van der Waals surface area contributed by atoms with Gasteiger partial charge in [0, 0.05) is 5.02 Å². The Morgan fingerprint density at radius 1 is 0.850 bits per heavy atom.